The molecule has 0 spiro atoms. The molecule has 32 heavy (non-hydrogen) atoms. The van der Waals surface area contributed by atoms with Gasteiger partial charge in [-0.25, -0.2) is 16.8 Å². The minimum atomic E-state index is -3.59. The molecule has 0 radical (unpaired) electrons. The van der Waals surface area contributed by atoms with Crippen molar-refractivity contribution in [3.05, 3.63) is 57.0 Å². The van der Waals surface area contributed by atoms with Crippen molar-refractivity contribution in [2.45, 2.75) is 24.5 Å². The molecule has 0 amide bonds. The number of sulfone groups is 2. The Morgan fingerprint density at radius 2 is 1.16 bits per heavy atom. The van der Waals surface area contributed by atoms with Gasteiger partial charge in [0, 0.05) is 6.42 Å². The normalized spacial score (nSPS) is 12.6. The van der Waals surface area contributed by atoms with E-state index in [0.29, 0.717) is 6.42 Å². The third-order valence-electron chi connectivity index (χ3n) is 3.41. The monoisotopic (exact) mass is 987 g/mol. The Hall–Kier alpha value is 2.57. The van der Waals surface area contributed by atoms with Crippen LogP contribution in [0.3, 0.4) is 0 Å². The molecule has 180 valence electrons. The van der Waals surface area contributed by atoms with Gasteiger partial charge >= 0.3 is 0 Å². The summed E-state index contributed by atoms with van der Waals surface area (Å²) >= 11 is 39.2. The van der Waals surface area contributed by atoms with Crippen LogP contribution in [0.5, 0.6) is 0 Å². The summed E-state index contributed by atoms with van der Waals surface area (Å²) in [6.45, 7) is 0. The third kappa shape index (κ3) is 9.79. The van der Waals surface area contributed by atoms with Crippen LogP contribution in [0.15, 0.2) is 46.2 Å². The largest absolute Gasteiger partial charge is 0.222 e. The lowest BCUT2D eigenvalue weighted by atomic mass is 10.2. The van der Waals surface area contributed by atoms with E-state index in [0.717, 1.165) is 5.56 Å². The molecular formula is C16H10Br7Cl3O4S2. The molecule has 0 unspecified atom stereocenters. The van der Waals surface area contributed by atoms with E-state index >= 15 is 0 Å². The molecule has 0 aliphatic rings. The molecule has 0 saturated carbocycles. The van der Waals surface area contributed by atoms with Crippen LogP contribution in [0.4, 0.5) is 0 Å². The molecule has 0 N–H and O–H groups in total. The van der Waals surface area contributed by atoms with Crippen molar-refractivity contribution in [2.24, 2.45) is 0 Å². The topological polar surface area (TPSA) is 68.3 Å². The maximum absolute atomic E-state index is 11.8. The summed E-state index contributed by atoms with van der Waals surface area (Å²) in [5.74, 6) is 0. The molecule has 4 nitrogen and oxygen atoms in total. The molecule has 0 atom stereocenters. The lowest BCUT2D eigenvalue weighted by Gasteiger charge is -2.12. The van der Waals surface area contributed by atoms with Crippen LogP contribution in [0.1, 0.15) is 5.56 Å². The number of alkyl halides is 7. The van der Waals surface area contributed by atoms with Gasteiger partial charge in [-0.15, -0.1) is 0 Å². The SMILES string of the molecule is O=S(=O)(c1cc(Cl)c(Cl)cc1Cl)C(Br)Br.O=S(=O)(c1ccc(CC(Br)(Br)Br)cc1)C(Br)Br. The van der Waals surface area contributed by atoms with E-state index < -0.39 is 25.8 Å². The van der Waals surface area contributed by atoms with Gasteiger partial charge in [0.2, 0.25) is 19.7 Å². The molecule has 2 aromatic carbocycles. The van der Waals surface area contributed by atoms with E-state index in [1.807, 2.05) is 0 Å². The van der Waals surface area contributed by atoms with Crippen molar-refractivity contribution in [2.75, 3.05) is 0 Å². The van der Waals surface area contributed by atoms with E-state index in [2.05, 4.69) is 112 Å². The van der Waals surface area contributed by atoms with Crippen LogP contribution < -0.4 is 0 Å². The van der Waals surface area contributed by atoms with Crippen LogP contribution >= 0.6 is 146 Å². The molecular weight excluding hydrogens is 986 g/mol. The summed E-state index contributed by atoms with van der Waals surface area (Å²) < 4.78 is 45.0. The summed E-state index contributed by atoms with van der Waals surface area (Å²) in [7, 11) is -6.93. The lowest BCUT2D eigenvalue weighted by molar-refractivity contribution is 0.598. The molecule has 2 rings (SSSR count). The minimum Gasteiger partial charge on any atom is -0.222 e. The predicted molar refractivity (Wildman–Crippen MR) is 159 cm³/mol. The fourth-order valence-electron chi connectivity index (χ4n) is 1.95. The predicted octanol–water partition coefficient (Wildman–Crippen LogP) is 9.41. The molecule has 0 saturated heterocycles. The highest BCUT2D eigenvalue weighted by atomic mass is 80.0. The van der Waals surface area contributed by atoms with Crippen LogP contribution in [-0.2, 0) is 26.1 Å². The van der Waals surface area contributed by atoms with E-state index in [9.17, 15) is 16.8 Å². The number of hydrogen-bond acceptors (Lipinski definition) is 4. The highest BCUT2D eigenvalue weighted by Crippen LogP contribution is 2.37. The van der Waals surface area contributed by atoms with Crippen LogP contribution in [-0.4, -0.2) is 25.1 Å². The molecule has 0 heterocycles. The number of halogens is 10. The van der Waals surface area contributed by atoms with Crippen molar-refractivity contribution < 1.29 is 16.8 Å². The Bertz CT molecular complexity index is 1150. The number of hydrogen-bond donors (Lipinski definition) is 0. The standard InChI is InChI=1S/C9H7Br5O2S.C7H3Br2Cl3O2S/c10-8(11)17(15,16)7-3-1-6(2-4-7)5-9(12,13)14;8-7(9)15(13,14)6-2-4(11)3(10)1-5(6)12/h1-4,8H,5H2;1-2,7H. The van der Waals surface area contributed by atoms with Crippen molar-refractivity contribution in [1.29, 1.82) is 0 Å². The summed E-state index contributed by atoms with van der Waals surface area (Å²) in [5.41, 5.74) is 1.01. The summed E-state index contributed by atoms with van der Waals surface area (Å²) in [6, 6.07) is 9.28. The van der Waals surface area contributed by atoms with Crippen molar-refractivity contribution in [1.82, 2.24) is 0 Å². The van der Waals surface area contributed by atoms with Gasteiger partial charge < -0.3 is 0 Å². The second kappa shape index (κ2) is 13.4. The van der Waals surface area contributed by atoms with Gasteiger partial charge in [0.15, 0.2) is 6.14 Å². The second-order valence-corrected chi connectivity index (χ2v) is 26.8. The third-order valence-corrected chi connectivity index (χ3v) is 14.1. The van der Waals surface area contributed by atoms with E-state index in [4.69, 9.17) is 34.8 Å². The molecule has 0 bridgehead atoms. The molecule has 16 heteroatoms. The Labute approximate surface area is 260 Å². The van der Waals surface area contributed by atoms with Gasteiger partial charge in [-0.1, -0.05) is 158 Å². The van der Waals surface area contributed by atoms with E-state index in [1.165, 1.54) is 12.1 Å². The van der Waals surface area contributed by atoms with Crippen LogP contribution in [0.2, 0.25) is 15.1 Å². The molecule has 0 aliphatic heterocycles. The average Bonchev–Trinajstić information content (AvgIpc) is 2.64. The Balaban J connectivity index is 0.000000323. The Morgan fingerprint density at radius 1 is 0.719 bits per heavy atom. The number of benzene rings is 2. The van der Waals surface area contributed by atoms with E-state index in [1.54, 1.807) is 24.3 Å². The Morgan fingerprint density at radius 3 is 1.56 bits per heavy atom. The van der Waals surface area contributed by atoms with Crippen molar-refractivity contribution in [3.63, 3.8) is 0 Å². The first kappa shape index (κ1) is 32.6. The summed E-state index contributed by atoms with van der Waals surface area (Å²) in [5, 5.41) is 0.384. The first-order valence-corrected chi connectivity index (χ1v) is 18.0. The van der Waals surface area contributed by atoms with Crippen LogP contribution in [0, 0.1) is 0 Å². The van der Waals surface area contributed by atoms with Gasteiger partial charge in [0.1, 0.15) is 2.14 Å². The lowest BCUT2D eigenvalue weighted by Crippen LogP contribution is -2.09. The maximum Gasteiger partial charge on any atom is 0.202 e. The van der Waals surface area contributed by atoms with Gasteiger partial charge in [-0.05, 0) is 29.8 Å². The number of rotatable bonds is 5. The fourth-order valence-corrected chi connectivity index (χ4v) is 7.88. The summed E-state index contributed by atoms with van der Waals surface area (Å²) in [4.78, 5) is 0.210. The zero-order valence-corrected chi connectivity index (χ0v) is 30.1. The van der Waals surface area contributed by atoms with Crippen molar-refractivity contribution in [3.8, 4) is 0 Å². The van der Waals surface area contributed by atoms with Crippen LogP contribution in [0.25, 0.3) is 0 Å². The van der Waals surface area contributed by atoms with Gasteiger partial charge in [0.25, 0.3) is 0 Å². The first-order valence-electron chi connectivity index (χ1n) is 7.74. The zero-order valence-electron chi connectivity index (χ0n) is 15.1. The quantitative estimate of drug-likeness (QED) is 0.221. The molecule has 0 aromatic heterocycles. The summed E-state index contributed by atoms with van der Waals surface area (Å²) in [6.07, 6.45) is 0.680. The average molecular weight is 996 g/mol. The Kier molecular flexibility index (Phi) is 13.6. The zero-order chi connectivity index (χ0) is 25.1. The second-order valence-electron chi connectivity index (χ2n) is 5.74. The first-order chi connectivity index (χ1) is 14.4. The van der Waals surface area contributed by atoms with Crippen molar-refractivity contribution >= 4 is 166 Å². The van der Waals surface area contributed by atoms with E-state index in [-0.39, 0.29) is 27.0 Å². The molecule has 0 fully saturated rings. The fraction of sp³-hybridized carbons (Fsp3) is 0.250. The molecule has 0 aliphatic carbocycles. The van der Waals surface area contributed by atoms with Gasteiger partial charge in [-0.3, -0.25) is 0 Å². The smallest absolute Gasteiger partial charge is 0.202 e. The highest BCUT2D eigenvalue weighted by Gasteiger charge is 2.26. The highest BCUT2D eigenvalue weighted by molar-refractivity contribution is 9.39. The minimum absolute atomic E-state index is 0.0355. The molecule has 2 aromatic rings. The van der Waals surface area contributed by atoms with Gasteiger partial charge in [0.05, 0.1) is 24.9 Å². The maximum atomic E-state index is 11.8. The van der Waals surface area contributed by atoms with Gasteiger partial charge in [-0.2, -0.15) is 0 Å².